The molecule has 1 aromatic heterocycles. The van der Waals surface area contributed by atoms with E-state index >= 15 is 0 Å². The Morgan fingerprint density at radius 1 is 1.19 bits per heavy atom. The molecule has 6 nitrogen and oxygen atoms in total. The van der Waals surface area contributed by atoms with E-state index in [1.807, 2.05) is 0 Å². The van der Waals surface area contributed by atoms with E-state index in [1.54, 1.807) is 6.07 Å². The number of rotatable bonds is 5. The highest BCUT2D eigenvalue weighted by molar-refractivity contribution is 5.37. The molecule has 0 unspecified atom stereocenters. The zero-order valence-electron chi connectivity index (χ0n) is 14.8. The van der Waals surface area contributed by atoms with E-state index in [0.29, 0.717) is 30.6 Å². The van der Waals surface area contributed by atoms with E-state index in [9.17, 15) is 13.2 Å². The lowest BCUT2D eigenvalue weighted by Gasteiger charge is -2.34. The van der Waals surface area contributed by atoms with Crippen LogP contribution in [0.25, 0.3) is 5.69 Å². The Morgan fingerprint density at radius 2 is 1.92 bits per heavy atom. The number of aromatic nitrogens is 4. The Labute approximate surface area is 149 Å². The van der Waals surface area contributed by atoms with Crippen LogP contribution in [0.5, 0.6) is 0 Å². The molecule has 0 N–H and O–H groups in total. The Balaban J connectivity index is 1.97. The minimum atomic E-state index is -4.41. The summed E-state index contributed by atoms with van der Waals surface area (Å²) < 4.78 is 46.0. The van der Waals surface area contributed by atoms with Crippen molar-refractivity contribution in [2.75, 3.05) is 26.3 Å². The summed E-state index contributed by atoms with van der Waals surface area (Å²) in [4.78, 5) is 2.24. The summed E-state index contributed by atoms with van der Waals surface area (Å²) in [6.07, 6.45) is -3.61. The Bertz CT molecular complexity index is 725. The second-order valence-electron chi connectivity index (χ2n) is 6.79. The normalized spacial score (nSPS) is 17.6. The van der Waals surface area contributed by atoms with Crippen LogP contribution < -0.4 is 0 Å². The fourth-order valence-corrected chi connectivity index (χ4v) is 3.15. The van der Waals surface area contributed by atoms with Gasteiger partial charge in [-0.3, -0.25) is 4.90 Å². The van der Waals surface area contributed by atoms with Gasteiger partial charge in [-0.05, 0) is 41.0 Å². The van der Waals surface area contributed by atoms with Gasteiger partial charge in [0.15, 0.2) is 5.82 Å². The second kappa shape index (κ2) is 7.71. The van der Waals surface area contributed by atoms with Crippen molar-refractivity contribution < 1.29 is 17.9 Å². The van der Waals surface area contributed by atoms with E-state index < -0.39 is 11.7 Å². The summed E-state index contributed by atoms with van der Waals surface area (Å²) in [6.45, 7) is 6.94. The van der Waals surface area contributed by atoms with Gasteiger partial charge >= 0.3 is 6.18 Å². The van der Waals surface area contributed by atoms with Crippen molar-refractivity contribution in [1.82, 2.24) is 25.1 Å². The number of benzene rings is 1. The van der Waals surface area contributed by atoms with Gasteiger partial charge in [0.2, 0.25) is 0 Å². The Kier molecular flexibility index (Phi) is 5.57. The van der Waals surface area contributed by atoms with Gasteiger partial charge in [-0.15, -0.1) is 5.10 Å². The molecule has 0 aliphatic carbocycles. The number of tetrazole rings is 1. The molecule has 0 amide bonds. The molecule has 1 saturated heterocycles. The maximum absolute atomic E-state index is 13.0. The van der Waals surface area contributed by atoms with Gasteiger partial charge in [0, 0.05) is 13.1 Å². The predicted octanol–water partition coefficient (Wildman–Crippen LogP) is 3.10. The van der Waals surface area contributed by atoms with Gasteiger partial charge in [-0.2, -0.15) is 17.9 Å². The van der Waals surface area contributed by atoms with Crippen LogP contribution in [-0.4, -0.2) is 51.4 Å². The van der Waals surface area contributed by atoms with Gasteiger partial charge in [-0.1, -0.05) is 19.9 Å². The first-order valence-corrected chi connectivity index (χ1v) is 8.64. The van der Waals surface area contributed by atoms with Crippen molar-refractivity contribution >= 4 is 0 Å². The predicted molar refractivity (Wildman–Crippen MR) is 88.7 cm³/mol. The summed E-state index contributed by atoms with van der Waals surface area (Å²) in [5.41, 5.74) is -0.412. The molecule has 0 radical (unpaired) electrons. The van der Waals surface area contributed by atoms with Crippen LogP contribution in [0, 0.1) is 5.92 Å². The van der Waals surface area contributed by atoms with Crippen molar-refractivity contribution in [1.29, 1.82) is 0 Å². The standard InChI is InChI=1S/C17H22F3N5O/c1-12(2)10-15(24-6-8-26-9-7-24)16-21-22-23-25(16)14-5-3-4-13(11-14)17(18,19)20/h3-5,11-12,15H,6-10H2,1-2H3/t15-/m0/s1. The van der Waals surface area contributed by atoms with Crippen LogP contribution in [0.4, 0.5) is 13.2 Å². The number of alkyl halides is 3. The van der Waals surface area contributed by atoms with Crippen LogP contribution >= 0.6 is 0 Å². The smallest absolute Gasteiger partial charge is 0.379 e. The van der Waals surface area contributed by atoms with Crippen molar-refractivity contribution in [3.05, 3.63) is 35.7 Å². The molecule has 2 aromatic rings. The van der Waals surface area contributed by atoms with Crippen molar-refractivity contribution in [2.24, 2.45) is 5.92 Å². The van der Waals surface area contributed by atoms with Gasteiger partial charge in [0.05, 0.1) is 30.5 Å². The summed E-state index contributed by atoms with van der Waals surface area (Å²) in [7, 11) is 0. The van der Waals surface area contributed by atoms with E-state index in [4.69, 9.17) is 4.74 Å². The van der Waals surface area contributed by atoms with Crippen LogP contribution in [-0.2, 0) is 10.9 Å². The van der Waals surface area contributed by atoms with Crippen LogP contribution in [0.3, 0.4) is 0 Å². The van der Waals surface area contributed by atoms with Gasteiger partial charge in [-0.25, -0.2) is 0 Å². The first-order chi connectivity index (χ1) is 12.4. The summed E-state index contributed by atoms with van der Waals surface area (Å²) in [5, 5.41) is 11.9. The van der Waals surface area contributed by atoms with E-state index in [0.717, 1.165) is 31.6 Å². The molecule has 142 valence electrons. The third kappa shape index (κ3) is 4.21. The number of nitrogens with zero attached hydrogens (tertiary/aromatic N) is 5. The van der Waals surface area contributed by atoms with Crippen molar-refractivity contribution in [3.63, 3.8) is 0 Å². The molecule has 1 aliphatic rings. The molecular weight excluding hydrogens is 347 g/mol. The van der Waals surface area contributed by atoms with Crippen molar-refractivity contribution in [3.8, 4) is 5.69 Å². The maximum Gasteiger partial charge on any atom is 0.416 e. The Morgan fingerprint density at radius 3 is 2.58 bits per heavy atom. The first-order valence-electron chi connectivity index (χ1n) is 8.64. The lowest BCUT2D eigenvalue weighted by Crippen LogP contribution is -2.40. The fraction of sp³-hybridized carbons (Fsp3) is 0.588. The van der Waals surface area contributed by atoms with Gasteiger partial charge < -0.3 is 4.74 Å². The number of ether oxygens (including phenoxy) is 1. The monoisotopic (exact) mass is 369 g/mol. The lowest BCUT2D eigenvalue weighted by molar-refractivity contribution is -0.137. The largest absolute Gasteiger partial charge is 0.416 e. The molecule has 2 heterocycles. The Hall–Kier alpha value is -2.00. The first kappa shape index (κ1) is 18.8. The third-order valence-corrected chi connectivity index (χ3v) is 4.39. The molecule has 0 spiro atoms. The molecule has 3 rings (SSSR count). The molecule has 1 atom stereocenters. The lowest BCUT2D eigenvalue weighted by atomic mass is 10.0. The number of hydrogen-bond donors (Lipinski definition) is 0. The van der Waals surface area contributed by atoms with E-state index in [1.165, 1.54) is 10.7 Å². The quantitative estimate of drug-likeness (QED) is 0.811. The van der Waals surface area contributed by atoms with Crippen molar-refractivity contribution in [2.45, 2.75) is 32.5 Å². The van der Waals surface area contributed by atoms with Crippen LogP contribution in [0.15, 0.2) is 24.3 Å². The summed E-state index contributed by atoms with van der Waals surface area (Å²) >= 11 is 0. The summed E-state index contributed by atoms with van der Waals surface area (Å²) in [6, 6.07) is 4.99. The summed E-state index contributed by atoms with van der Waals surface area (Å²) in [5.74, 6) is 0.939. The minimum absolute atomic E-state index is 0.0801. The zero-order valence-corrected chi connectivity index (χ0v) is 14.8. The number of hydrogen-bond acceptors (Lipinski definition) is 5. The van der Waals surface area contributed by atoms with Gasteiger partial charge in [0.25, 0.3) is 0 Å². The molecule has 0 saturated carbocycles. The van der Waals surface area contributed by atoms with Gasteiger partial charge in [0.1, 0.15) is 0 Å². The highest BCUT2D eigenvalue weighted by Gasteiger charge is 2.32. The zero-order chi connectivity index (χ0) is 18.7. The van der Waals surface area contributed by atoms with E-state index in [2.05, 4.69) is 34.3 Å². The third-order valence-electron chi connectivity index (χ3n) is 4.39. The fourth-order valence-electron chi connectivity index (χ4n) is 3.15. The highest BCUT2D eigenvalue weighted by atomic mass is 19.4. The maximum atomic E-state index is 13.0. The number of morpholine rings is 1. The van der Waals surface area contributed by atoms with Crippen LogP contribution in [0.2, 0.25) is 0 Å². The number of halogens is 3. The molecule has 1 aromatic carbocycles. The minimum Gasteiger partial charge on any atom is -0.379 e. The molecule has 1 fully saturated rings. The highest BCUT2D eigenvalue weighted by Crippen LogP contribution is 2.32. The molecule has 1 aliphatic heterocycles. The molecular formula is C17H22F3N5O. The molecule has 9 heteroatoms. The van der Waals surface area contributed by atoms with Crippen LogP contribution in [0.1, 0.15) is 37.7 Å². The molecule has 0 bridgehead atoms. The van der Waals surface area contributed by atoms with E-state index in [-0.39, 0.29) is 6.04 Å². The topological polar surface area (TPSA) is 56.1 Å². The molecule has 26 heavy (non-hydrogen) atoms. The average Bonchev–Trinajstić information content (AvgIpc) is 3.09. The SMILES string of the molecule is CC(C)C[C@@H](c1nnnn1-c1cccc(C(F)(F)F)c1)N1CCOCC1. The average molecular weight is 369 g/mol. The second-order valence-corrected chi connectivity index (χ2v) is 6.79.